The standard InChI is InChI=1S/C54H57BF2N14O6/c56-55(57)69-39(17-18-40(69)33-41-19-24-46(70(41)55)45-8-4-26-60-45)16-11-38-14-22-43(23-15-38)76-35-49(73)61-25-3-1-2-10-48(72)62-29-27-59-28-30-63-50(74)36-77-42-20-12-37(13-21-42)7-5-31-68-52-44(34-64-68)53-65-51(47-9-6-32-75-47)67-71(53)54(58)66-52/h4,6,8-9,11-24,26,32-34,59-60H,1-3,5,7,10,25,27-31,35-36H2,(H2,58,66)(H,61,73)(H,62,72)(H,63,74)/b16-11+. The first-order chi connectivity index (χ1) is 37.6. The minimum Gasteiger partial charge on any atom is -0.484 e. The van der Waals surface area contributed by atoms with Gasteiger partial charge >= 0.3 is 6.97 Å². The molecule has 0 aliphatic carbocycles. The van der Waals surface area contributed by atoms with Crippen LogP contribution in [-0.4, -0.2) is 120 Å². The number of carbonyl (C=O) groups excluding carboxylic acids is 3. The predicted octanol–water partition coefficient (Wildman–Crippen LogP) is 5.85. The molecule has 0 fully saturated rings. The minimum absolute atomic E-state index is 0.0466. The number of allylic oxidation sites excluding steroid dienone is 2. The van der Waals surface area contributed by atoms with Crippen molar-refractivity contribution in [3.05, 3.63) is 150 Å². The molecule has 2 aliphatic heterocycles. The number of halogens is 2. The molecule has 0 unspecified atom stereocenters. The largest absolute Gasteiger partial charge is 0.737 e. The molecule has 7 N–H and O–H groups in total. The lowest BCUT2D eigenvalue weighted by Crippen LogP contribution is -2.50. The van der Waals surface area contributed by atoms with Gasteiger partial charge in [0.05, 0.1) is 17.8 Å². The van der Waals surface area contributed by atoms with Crippen LogP contribution in [0.1, 0.15) is 60.3 Å². The van der Waals surface area contributed by atoms with E-state index in [-0.39, 0.29) is 36.9 Å². The maximum atomic E-state index is 16.1. The van der Waals surface area contributed by atoms with Crippen molar-refractivity contribution in [2.24, 2.45) is 0 Å². The monoisotopic (exact) mass is 1050 g/mol. The summed E-state index contributed by atoms with van der Waals surface area (Å²) in [4.78, 5) is 49.3. The average Bonchev–Trinajstić information content (AvgIpc) is 4.39. The summed E-state index contributed by atoms with van der Waals surface area (Å²) in [7, 11) is 0. The number of hydrogen-bond donors (Lipinski definition) is 6. The van der Waals surface area contributed by atoms with Crippen LogP contribution in [-0.2, 0) is 27.3 Å². The normalized spacial score (nSPS) is 13.6. The van der Waals surface area contributed by atoms with Crippen LogP contribution in [0.3, 0.4) is 0 Å². The smallest absolute Gasteiger partial charge is 0.484 e. The van der Waals surface area contributed by atoms with Gasteiger partial charge in [0.25, 0.3) is 11.8 Å². The Morgan fingerprint density at radius 3 is 2.27 bits per heavy atom. The van der Waals surface area contributed by atoms with Crippen LogP contribution in [0.15, 0.2) is 126 Å². The maximum Gasteiger partial charge on any atom is 0.737 e. The summed E-state index contributed by atoms with van der Waals surface area (Å²) in [6, 6.07) is 25.2. The summed E-state index contributed by atoms with van der Waals surface area (Å²) in [6.45, 7) is -1.40. The number of carbonyl (C=O) groups is 3. The van der Waals surface area contributed by atoms with E-state index in [2.05, 4.69) is 46.4 Å². The highest BCUT2D eigenvalue weighted by Crippen LogP contribution is 2.34. The van der Waals surface area contributed by atoms with Gasteiger partial charge < -0.3 is 63.5 Å². The molecule has 8 heterocycles. The molecule has 10 rings (SSSR count). The van der Waals surface area contributed by atoms with Crippen molar-refractivity contribution in [3.63, 3.8) is 0 Å². The summed E-state index contributed by atoms with van der Waals surface area (Å²) < 4.78 is 54.5. The van der Waals surface area contributed by atoms with E-state index in [9.17, 15) is 14.4 Å². The third kappa shape index (κ3) is 12.2. The highest BCUT2D eigenvalue weighted by molar-refractivity contribution is 6.58. The molecule has 8 aromatic rings. The Kier molecular flexibility index (Phi) is 15.8. The van der Waals surface area contributed by atoms with Gasteiger partial charge in [-0.2, -0.15) is 14.6 Å². The zero-order valence-corrected chi connectivity index (χ0v) is 42.0. The van der Waals surface area contributed by atoms with Gasteiger partial charge in [0.15, 0.2) is 41.7 Å². The second-order valence-electron chi connectivity index (χ2n) is 18.4. The van der Waals surface area contributed by atoms with Gasteiger partial charge in [-0.1, -0.05) is 36.8 Å². The number of rotatable bonds is 26. The van der Waals surface area contributed by atoms with Gasteiger partial charge in [-0.15, -0.1) is 5.10 Å². The van der Waals surface area contributed by atoms with Crippen molar-refractivity contribution in [2.45, 2.75) is 45.1 Å². The summed E-state index contributed by atoms with van der Waals surface area (Å²) in [5, 5.41) is 21.5. The molecule has 396 valence electrons. The Morgan fingerprint density at radius 1 is 0.779 bits per heavy atom. The molecule has 77 heavy (non-hydrogen) atoms. The third-order valence-electron chi connectivity index (χ3n) is 13.0. The number of aryl methyl sites for hydroxylation is 2. The van der Waals surface area contributed by atoms with Crippen molar-refractivity contribution in [1.29, 1.82) is 0 Å². The highest BCUT2D eigenvalue weighted by atomic mass is 19.2. The van der Waals surface area contributed by atoms with Crippen LogP contribution in [0.2, 0.25) is 0 Å². The second-order valence-corrected chi connectivity index (χ2v) is 18.4. The number of ether oxygens (including phenoxy) is 2. The topological polar surface area (TPSA) is 242 Å². The molecule has 6 aromatic heterocycles. The van der Waals surface area contributed by atoms with Crippen LogP contribution in [0.5, 0.6) is 11.5 Å². The van der Waals surface area contributed by atoms with Gasteiger partial charge in [-0.05, 0) is 104 Å². The van der Waals surface area contributed by atoms with Crippen LogP contribution in [0, 0.1) is 0 Å². The second kappa shape index (κ2) is 23.6. The van der Waals surface area contributed by atoms with Crippen LogP contribution in [0.4, 0.5) is 14.6 Å². The quantitative estimate of drug-likeness (QED) is 0.0276. The molecule has 3 amide bonds. The molecule has 20 nitrogen and oxygen atoms in total. The average molecular weight is 1050 g/mol. The summed E-state index contributed by atoms with van der Waals surface area (Å²) in [5.74, 6) is 1.70. The number of nitrogens with two attached hydrogens (primary N) is 1. The maximum absolute atomic E-state index is 16.1. The number of hydrogen-bond acceptors (Lipinski definition) is 12. The van der Waals surface area contributed by atoms with Gasteiger partial charge in [0.2, 0.25) is 17.7 Å². The van der Waals surface area contributed by atoms with Gasteiger partial charge in [0, 0.05) is 81.5 Å². The van der Waals surface area contributed by atoms with E-state index in [1.54, 1.807) is 110 Å². The fourth-order valence-corrected chi connectivity index (χ4v) is 9.18. The predicted molar refractivity (Wildman–Crippen MR) is 288 cm³/mol. The summed E-state index contributed by atoms with van der Waals surface area (Å²) in [6.07, 6.45) is 17.7. The fourth-order valence-electron chi connectivity index (χ4n) is 9.18. The Labute approximate surface area is 440 Å². The molecule has 0 spiro atoms. The van der Waals surface area contributed by atoms with E-state index in [4.69, 9.17) is 19.6 Å². The molecule has 0 bridgehead atoms. The lowest BCUT2D eigenvalue weighted by molar-refractivity contribution is -0.360. The van der Waals surface area contributed by atoms with E-state index >= 15 is 8.63 Å². The number of furan rings is 1. The molecule has 0 radical (unpaired) electrons. The number of fused-ring (bicyclic) bond motifs is 5. The highest BCUT2D eigenvalue weighted by Gasteiger charge is 2.52. The van der Waals surface area contributed by atoms with Gasteiger partial charge in [0.1, 0.15) is 17.2 Å². The Morgan fingerprint density at radius 2 is 1.53 bits per heavy atom. The van der Waals surface area contributed by atoms with Crippen molar-refractivity contribution in [3.8, 4) is 23.1 Å². The Hall–Kier alpha value is -9.12. The number of aromatic amines is 1. The molecule has 23 heteroatoms. The third-order valence-corrected chi connectivity index (χ3v) is 13.0. The summed E-state index contributed by atoms with van der Waals surface area (Å²) in [5.41, 5.74) is 11.6. The number of amides is 3. The Bertz CT molecular complexity index is 3490. The number of nitrogens with zero attached hydrogens (tertiary/aromatic N) is 8. The van der Waals surface area contributed by atoms with Gasteiger partial charge in [-0.3, -0.25) is 14.4 Å². The SMILES string of the molecule is Nc1nc2c(cnn2CCCc2ccc(OCC(=O)NCCNCCNC(=O)CCCCCNC(=O)COc3ccc(/C=C/c4ccc5n4[B-](F)(F)[N+]4=C(c6ccc[nH]6)C=CC4=C5)cc3)cc2)c2nc(-c3ccco3)nn12. The first-order valence-electron chi connectivity index (χ1n) is 25.6. The van der Waals surface area contributed by atoms with E-state index in [0.29, 0.717) is 115 Å². The lowest BCUT2D eigenvalue weighted by Gasteiger charge is -2.30. The van der Waals surface area contributed by atoms with Crippen molar-refractivity contribution in [1.82, 2.24) is 60.1 Å². The minimum atomic E-state index is -4.16. The zero-order valence-electron chi connectivity index (χ0n) is 42.0. The van der Waals surface area contributed by atoms with E-state index < -0.39 is 6.97 Å². The van der Waals surface area contributed by atoms with Gasteiger partial charge in [-0.25, -0.2) is 9.67 Å². The van der Waals surface area contributed by atoms with Crippen LogP contribution in [0.25, 0.3) is 46.5 Å². The van der Waals surface area contributed by atoms with Crippen molar-refractivity contribution >= 4 is 71.3 Å². The number of nitrogen functional groups attached to an aromatic ring is 1. The molecule has 2 aromatic carbocycles. The molecule has 0 atom stereocenters. The first kappa shape index (κ1) is 51.4. The Balaban J connectivity index is 0.531. The first-order valence-corrected chi connectivity index (χ1v) is 25.6. The van der Waals surface area contributed by atoms with E-state index in [1.807, 2.05) is 28.9 Å². The number of unbranched alkanes of at least 4 members (excludes halogenated alkanes) is 2. The zero-order chi connectivity index (χ0) is 53.1. The van der Waals surface area contributed by atoms with Crippen LogP contribution < -0.4 is 36.5 Å². The molecule has 0 saturated heterocycles. The number of H-pyrrole nitrogens is 1. The lowest BCUT2D eigenvalue weighted by atomic mass is 9.90. The number of aromatic nitrogens is 8. The number of benzene rings is 2. The fraction of sp³-hybridized carbons (Fsp3) is 0.259. The number of anilines is 1. The van der Waals surface area contributed by atoms with Crippen molar-refractivity contribution < 1.29 is 41.4 Å². The van der Waals surface area contributed by atoms with Crippen LogP contribution >= 0.6 is 0 Å². The van der Waals surface area contributed by atoms with E-state index in [1.165, 1.54) is 4.52 Å². The molecule has 0 saturated carbocycles. The molecule has 2 aliphatic rings. The molecular formula is C54H57BF2N14O6. The van der Waals surface area contributed by atoms with Crippen molar-refractivity contribution in [2.75, 3.05) is 51.7 Å². The number of nitrogens with one attached hydrogen (secondary N) is 5. The molecular weight excluding hydrogens is 989 g/mol. The van der Waals surface area contributed by atoms with E-state index in [0.717, 1.165) is 51.2 Å². The summed E-state index contributed by atoms with van der Waals surface area (Å²) >= 11 is 0.